The Bertz CT molecular complexity index is 1480. The average molecular weight is 604 g/mol. The molecule has 0 aliphatic rings. The largest absolute Gasteiger partial charge is 0.416 e. The summed E-state index contributed by atoms with van der Waals surface area (Å²) in [6.45, 7) is 6.53. The van der Waals surface area contributed by atoms with Crippen LogP contribution in [0.5, 0.6) is 0 Å². The number of aryl methyl sites for hydroxylation is 1. The van der Waals surface area contributed by atoms with E-state index in [4.69, 9.17) is 0 Å². The Morgan fingerprint density at radius 3 is 2.17 bits per heavy atom. The summed E-state index contributed by atoms with van der Waals surface area (Å²) in [5.41, 5.74) is 0.259. The fourth-order valence-electron chi connectivity index (χ4n) is 4.45. The number of alkyl halides is 3. The van der Waals surface area contributed by atoms with Crippen LogP contribution in [0.2, 0.25) is 0 Å². The molecule has 11 heteroatoms. The highest BCUT2D eigenvalue weighted by Gasteiger charge is 2.36. The van der Waals surface area contributed by atoms with Crippen molar-refractivity contribution in [2.75, 3.05) is 10.8 Å². The summed E-state index contributed by atoms with van der Waals surface area (Å²) in [6.07, 6.45) is -3.85. The van der Waals surface area contributed by atoms with Gasteiger partial charge in [-0.15, -0.1) is 0 Å². The van der Waals surface area contributed by atoms with E-state index in [1.165, 1.54) is 35.2 Å². The summed E-state index contributed by atoms with van der Waals surface area (Å²) in [5, 5.41) is 2.89. The first-order chi connectivity index (χ1) is 19.8. The molecule has 3 rings (SSSR count). The van der Waals surface area contributed by atoms with Gasteiger partial charge in [-0.3, -0.25) is 13.9 Å². The molecule has 0 bridgehead atoms. The monoisotopic (exact) mass is 603 g/mol. The molecule has 42 heavy (non-hydrogen) atoms. The summed E-state index contributed by atoms with van der Waals surface area (Å²) >= 11 is 0. The second-order valence-electron chi connectivity index (χ2n) is 10.1. The van der Waals surface area contributed by atoms with Gasteiger partial charge in [-0.2, -0.15) is 13.2 Å². The lowest BCUT2D eigenvalue weighted by atomic mass is 10.1. The molecular formula is C31H36F3N3O4S. The maximum atomic E-state index is 14.1. The van der Waals surface area contributed by atoms with Gasteiger partial charge in [-0.05, 0) is 62.6 Å². The highest BCUT2D eigenvalue weighted by Crippen LogP contribution is 2.33. The van der Waals surface area contributed by atoms with Gasteiger partial charge >= 0.3 is 6.18 Å². The Kier molecular flexibility index (Phi) is 10.8. The molecule has 3 aromatic carbocycles. The zero-order valence-electron chi connectivity index (χ0n) is 24.1. The minimum absolute atomic E-state index is 0.00520. The van der Waals surface area contributed by atoms with E-state index in [0.717, 1.165) is 23.3 Å². The van der Waals surface area contributed by atoms with Crippen LogP contribution < -0.4 is 9.62 Å². The Labute approximate surface area is 245 Å². The van der Waals surface area contributed by atoms with Crippen LogP contribution in [0.15, 0.2) is 83.8 Å². The summed E-state index contributed by atoms with van der Waals surface area (Å²) in [5.74, 6) is -1.14. The normalized spacial score (nSPS) is 13.2. The topological polar surface area (TPSA) is 86.8 Å². The molecule has 1 N–H and O–H groups in total. The van der Waals surface area contributed by atoms with Gasteiger partial charge in [0.1, 0.15) is 12.6 Å². The Balaban J connectivity index is 2.11. The summed E-state index contributed by atoms with van der Waals surface area (Å²) in [7, 11) is -4.48. The van der Waals surface area contributed by atoms with Crippen molar-refractivity contribution in [1.82, 2.24) is 10.2 Å². The number of rotatable bonds is 12. The first kappa shape index (κ1) is 32.7. The lowest BCUT2D eigenvalue weighted by Gasteiger charge is -2.34. The SMILES string of the molecule is CCC(C)NC(=O)C(CC)N(Cc1cccc(C)c1)C(=O)CN(c1cccc(C(F)(F)F)c1)S(=O)(=O)c1ccccc1. The third-order valence-corrected chi connectivity index (χ3v) is 8.68. The number of hydrogen-bond donors (Lipinski definition) is 1. The van der Waals surface area contributed by atoms with Gasteiger partial charge in [0.25, 0.3) is 10.0 Å². The zero-order valence-corrected chi connectivity index (χ0v) is 24.9. The molecule has 0 aliphatic carbocycles. The van der Waals surface area contributed by atoms with E-state index < -0.39 is 46.2 Å². The minimum Gasteiger partial charge on any atom is -0.352 e. The predicted molar refractivity (Wildman–Crippen MR) is 156 cm³/mol. The molecule has 0 aromatic heterocycles. The predicted octanol–water partition coefficient (Wildman–Crippen LogP) is 5.93. The summed E-state index contributed by atoms with van der Waals surface area (Å²) in [6, 6.07) is 17.2. The fourth-order valence-corrected chi connectivity index (χ4v) is 5.88. The van der Waals surface area contributed by atoms with Gasteiger partial charge in [0.15, 0.2) is 0 Å². The van der Waals surface area contributed by atoms with Crippen LogP contribution in [0.4, 0.5) is 18.9 Å². The number of halogens is 3. The summed E-state index contributed by atoms with van der Waals surface area (Å²) in [4.78, 5) is 28.5. The average Bonchev–Trinajstić information content (AvgIpc) is 2.95. The molecule has 2 atom stereocenters. The van der Waals surface area contributed by atoms with Crippen LogP contribution in [0.3, 0.4) is 0 Å². The molecule has 0 radical (unpaired) electrons. The Morgan fingerprint density at radius 1 is 0.905 bits per heavy atom. The van der Waals surface area contributed by atoms with E-state index in [2.05, 4.69) is 5.32 Å². The number of nitrogens with zero attached hydrogens (tertiary/aromatic N) is 2. The van der Waals surface area contributed by atoms with Crippen molar-refractivity contribution in [3.63, 3.8) is 0 Å². The second-order valence-corrected chi connectivity index (χ2v) is 12.0. The lowest BCUT2D eigenvalue weighted by molar-refractivity contribution is -0.140. The molecule has 0 fully saturated rings. The van der Waals surface area contributed by atoms with E-state index in [0.29, 0.717) is 16.8 Å². The van der Waals surface area contributed by atoms with Crippen molar-refractivity contribution in [2.24, 2.45) is 0 Å². The number of carbonyl (C=O) groups is 2. The van der Waals surface area contributed by atoms with E-state index in [1.807, 2.05) is 39.0 Å². The molecule has 7 nitrogen and oxygen atoms in total. The van der Waals surface area contributed by atoms with Crippen LogP contribution in [0.25, 0.3) is 0 Å². The zero-order chi connectivity index (χ0) is 31.1. The summed E-state index contributed by atoms with van der Waals surface area (Å²) < 4.78 is 69.1. The van der Waals surface area contributed by atoms with Crippen LogP contribution in [-0.4, -0.2) is 43.8 Å². The van der Waals surface area contributed by atoms with Crippen LogP contribution in [0, 0.1) is 6.92 Å². The highest BCUT2D eigenvalue weighted by molar-refractivity contribution is 7.92. The number of sulfonamides is 1. The van der Waals surface area contributed by atoms with Crippen molar-refractivity contribution in [2.45, 2.75) is 70.2 Å². The van der Waals surface area contributed by atoms with E-state index in [1.54, 1.807) is 19.1 Å². The van der Waals surface area contributed by atoms with Crippen molar-refractivity contribution in [3.05, 3.63) is 95.6 Å². The smallest absolute Gasteiger partial charge is 0.352 e. The van der Waals surface area contributed by atoms with E-state index in [9.17, 15) is 31.2 Å². The first-order valence-electron chi connectivity index (χ1n) is 13.7. The first-order valence-corrected chi connectivity index (χ1v) is 15.1. The number of hydrogen-bond acceptors (Lipinski definition) is 4. The molecule has 0 saturated carbocycles. The minimum atomic E-state index is -4.74. The van der Waals surface area contributed by atoms with Crippen molar-refractivity contribution in [1.29, 1.82) is 0 Å². The van der Waals surface area contributed by atoms with E-state index >= 15 is 0 Å². The second kappa shape index (κ2) is 13.9. The number of nitrogens with one attached hydrogen (secondary N) is 1. The van der Waals surface area contributed by atoms with Gasteiger partial charge in [-0.1, -0.05) is 67.9 Å². The van der Waals surface area contributed by atoms with Crippen LogP contribution in [0.1, 0.15) is 50.3 Å². The fraction of sp³-hybridized carbons (Fsp3) is 0.355. The van der Waals surface area contributed by atoms with Crippen LogP contribution in [-0.2, 0) is 32.3 Å². The molecule has 2 unspecified atom stereocenters. The molecular weight excluding hydrogens is 567 g/mol. The molecule has 0 heterocycles. The number of carbonyl (C=O) groups excluding carboxylic acids is 2. The number of amides is 2. The van der Waals surface area contributed by atoms with Crippen molar-refractivity contribution in [3.8, 4) is 0 Å². The van der Waals surface area contributed by atoms with Gasteiger partial charge in [0.05, 0.1) is 16.1 Å². The van der Waals surface area contributed by atoms with E-state index in [-0.39, 0.29) is 29.6 Å². The molecule has 0 aliphatic heterocycles. The quantitative estimate of drug-likeness (QED) is 0.278. The lowest BCUT2D eigenvalue weighted by Crippen LogP contribution is -2.53. The number of benzene rings is 3. The molecule has 226 valence electrons. The molecule has 3 aromatic rings. The Hall–Kier alpha value is -3.86. The Morgan fingerprint density at radius 2 is 1.57 bits per heavy atom. The van der Waals surface area contributed by atoms with Crippen LogP contribution >= 0.6 is 0 Å². The van der Waals surface area contributed by atoms with Gasteiger partial charge in [-0.25, -0.2) is 8.42 Å². The third kappa shape index (κ3) is 8.12. The molecule has 0 saturated heterocycles. The van der Waals surface area contributed by atoms with Crippen molar-refractivity contribution < 1.29 is 31.2 Å². The maximum absolute atomic E-state index is 14.1. The standard InChI is InChI=1S/C31H36F3N3O4S/c1-5-23(4)35-30(39)28(6-2)36(20-24-13-10-12-22(3)18-24)29(38)21-37(42(40,41)27-16-8-7-9-17-27)26-15-11-14-25(19-26)31(32,33)34/h7-19,23,28H,5-6,20-21H2,1-4H3,(H,35,39). The molecule has 0 spiro atoms. The van der Waals surface area contributed by atoms with Gasteiger partial charge in [0.2, 0.25) is 11.8 Å². The number of anilines is 1. The third-order valence-electron chi connectivity index (χ3n) is 6.89. The van der Waals surface area contributed by atoms with Crippen molar-refractivity contribution >= 4 is 27.5 Å². The molecule has 2 amide bonds. The van der Waals surface area contributed by atoms with Gasteiger partial charge in [0, 0.05) is 12.6 Å². The highest BCUT2D eigenvalue weighted by atomic mass is 32.2. The van der Waals surface area contributed by atoms with Gasteiger partial charge < -0.3 is 10.2 Å². The maximum Gasteiger partial charge on any atom is 0.416 e.